The zero-order chi connectivity index (χ0) is 32.6. The van der Waals surface area contributed by atoms with E-state index < -0.39 is 18.0 Å². The van der Waals surface area contributed by atoms with Gasteiger partial charge in [-0.2, -0.15) is 0 Å². The lowest BCUT2D eigenvalue weighted by molar-refractivity contribution is -0.146. The highest BCUT2D eigenvalue weighted by Crippen LogP contribution is 2.27. The molecule has 0 amide bonds. The van der Waals surface area contributed by atoms with Crippen LogP contribution in [-0.4, -0.2) is 38.0 Å². The number of benzene rings is 5. The molecule has 234 valence electrons. The highest BCUT2D eigenvalue weighted by Gasteiger charge is 2.16. The zero-order valence-electron chi connectivity index (χ0n) is 25.2. The van der Waals surface area contributed by atoms with Gasteiger partial charge in [0.15, 0.2) is 6.10 Å². The molecule has 46 heavy (non-hydrogen) atoms. The molecule has 5 rings (SSSR count). The van der Waals surface area contributed by atoms with Gasteiger partial charge in [-0.25, -0.2) is 9.59 Å². The number of carbonyl (C=O) groups is 2. The molecule has 0 spiro atoms. The standard InChI is InChI=1S/C33H28O6.C5H6O2/c1-2-33(34)39-28(22-36-31-18-7-12-24-10-3-5-16-29(24)31)21-35-26-14-9-15-27(20-26)37-23-38-32-19-8-13-25-11-4-6-17-30(25)32;1-3-5(6)7-4-2/h2-20,28H,1,21-23H2;3-4H,1-2H2. The van der Waals surface area contributed by atoms with Crippen molar-refractivity contribution < 1.29 is 38.0 Å². The summed E-state index contributed by atoms with van der Waals surface area (Å²) in [5.74, 6) is 1.57. The Bertz CT molecular complexity index is 1780. The Kier molecular flexibility index (Phi) is 12.4. The van der Waals surface area contributed by atoms with Crippen LogP contribution in [0.4, 0.5) is 0 Å². The molecule has 0 saturated heterocycles. The summed E-state index contributed by atoms with van der Waals surface area (Å²) in [4.78, 5) is 21.9. The van der Waals surface area contributed by atoms with Gasteiger partial charge in [-0.15, -0.1) is 0 Å². The highest BCUT2D eigenvalue weighted by atomic mass is 16.7. The molecule has 8 nitrogen and oxygen atoms in total. The van der Waals surface area contributed by atoms with Crippen LogP contribution in [-0.2, 0) is 19.1 Å². The van der Waals surface area contributed by atoms with Crippen molar-refractivity contribution in [3.63, 3.8) is 0 Å². The first-order valence-electron chi connectivity index (χ1n) is 14.3. The summed E-state index contributed by atoms with van der Waals surface area (Å²) >= 11 is 0. The Morgan fingerprint density at radius 1 is 0.587 bits per heavy atom. The monoisotopic (exact) mass is 618 g/mol. The fourth-order valence-corrected chi connectivity index (χ4v) is 4.29. The second-order valence-corrected chi connectivity index (χ2v) is 9.53. The first-order chi connectivity index (χ1) is 22.5. The van der Waals surface area contributed by atoms with E-state index in [2.05, 4.69) is 24.5 Å². The quantitative estimate of drug-likeness (QED) is 0.0539. The molecule has 0 aliphatic heterocycles. The Hall–Kier alpha value is -6.02. The second-order valence-electron chi connectivity index (χ2n) is 9.53. The lowest BCUT2D eigenvalue weighted by atomic mass is 10.1. The van der Waals surface area contributed by atoms with Crippen molar-refractivity contribution in [2.75, 3.05) is 20.0 Å². The van der Waals surface area contributed by atoms with Gasteiger partial charge in [0.05, 0.1) is 6.26 Å². The van der Waals surface area contributed by atoms with Gasteiger partial charge in [0.1, 0.15) is 36.2 Å². The molecule has 0 aromatic heterocycles. The predicted octanol–water partition coefficient (Wildman–Crippen LogP) is 7.82. The average Bonchev–Trinajstić information content (AvgIpc) is 3.10. The summed E-state index contributed by atoms with van der Waals surface area (Å²) in [6.07, 6.45) is 2.59. The molecule has 0 bridgehead atoms. The van der Waals surface area contributed by atoms with E-state index in [-0.39, 0.29) is 20.0 Å². The van der Waals surface area contributed by atoms with Gasteiger partial charge in [-0.3, -0.25) is 0 Å². The fraction of sp³-hybridized carbons (Fsp3) is 0.105. The third-order valence-corrected chi connectivity index (χ3v) is 6.42. The largest absolute Gasteiger partial charge is 0.489 e. The van der Waals surface area contributed by atoms with Crippen molar-refractivity contribution in [3.05, 3.63) is 147 Å². The normalized spacial score (nSPS) is 10.8. The minimum Gasteiger partial charge on any atom is -0.489 e. The van der Waals surface area contributed by atoms with Gasteiger partial charge in [-0.1, -0.05) is 98.6 Å². The average molecular weight is 619 g/mol. The maximum atomic E-state index is 11.9. The van der Waals surface area contributed by atoms with Crippen molar-refractivity contribution in [3.8, 4) is 23.0 Å². The summed E-state index contributed by atoms with van der Waals surface area (Å²) < 4.78 is 33.3. The van der Waals surface area contributed by atoms with Crippen LogP contribution in [0.15, 0.2) is 147 Å². The van der Waals surface area contributed by atoms with Crippen molar-refractivity contribution in [1.29, 1.82) is 0 Å². The first-order valence-corrected chi connectivity index (χ1v) is 14.3. The number of hydrogen-bond acceptors (Lipinski definition) is 8. The number of carbonyl (C=O) groups excluding carboxylic acids is 2. The van der Waals surface area contributed by atoms with Crippen LogP contribution in [0.25, 0.3) is 21.5 Å². The molecule has 0 radical (unpaired) electrons. The second kappa shape index (κ2) is 17.3. The van der Waals surface area contributed by atoms with E-state index in [9.17, 15) is 9.59 Å². The van der Waals surface area contributed by atoms with Crippen molar-refractivity contribution in [1.82, 2.24) is 0 Å². The lowest BCUT2D eigenvalue weighted by Crippen LogP contribution is -2.30. The minimum absolute atomic E-state index is 0.0376. The molecule has 1 unspecified atom stereocenters. The molecule has 0 aliphatic carbocycles. The molecule has 8 heteroatoms. The molecule has 1 atom stereocenters. The van der Waals surface area contributed by atoms with Gasteiger partial charge in [0.25, 0.3) is 0 Å². The van der Waals surface area contributed by atoms with Crippen LogP contribution in [0, 0.1) is 0 Å². The number of hydrogen-bond donors (Lipinski definition) is 0. The molecule has 0 heterocycles. The number of ether oxygens (including phenoxy) is 6. The summed E-state index contributed by atoms with van der Waals surface area (Å²) in [6, 6.07) is 34.9. The van der Waals surface area contributed by atoms with Crippen LogP contribution in [0.1, 0.15) is 0 Å². The topological polar surface area (TPSA) is 89.5 Å². The highest BCUT2D eigenvalue weighted by molar-refractivity contribution is 5.89. The molecule has 5 aromatic rings. The van der Waals surface area contributed by atoms with Crippen molar-refractivity contribution in [2.45, 2.75) is 6.10 Å². The van der Waals surface area contributed by atoms with Gasteiger partial charge >= 0.3 is 11.9 Å². The lowest BCUT2D eigenvalue weighted by Gasteiger charge is -2.19. The molecular weight excluding hydrogens is 584 g/mol. The first kappa shape index (κ1) is 32.9. The van der Waals surface area contributed by atoms with Crippen LogP contribution in [0.2, 0.25) is 0 Å². The third-order valence-electron chi connectivity index (χ3n) is 6.42. The Morgan fingerprint density at radius 2 is 1.11 bits per heavy atom. The number of fused-ring (bicyclic) bond motifs is 2. The maximum absolute atomic E-state index is 11.9. The van der Waals surface area contributed by atoms with Gasteiger partial charge in [-0.05, 0) is 35.0 Å². The Morgan fingerprint density at radius 3 is 1.70 bits per heavy atom. The molecule has 0 aliphatic rings. The third kappa shape index (κ3) is 9.75. The van der Waals surface area contributed by atoms with E-state index in [1.54, 1.807) is 12.1 Å². The van der Waals surface area contributed by atoms with Crippen LogP contribution < -0.4 is 18.9 Å². The van der Waals surface area contributed by atoms with E-state index in [0.29, 0.717) is 17.2 Å². The summed E-state index contributed by atoms with van der Waals surface area (Å²) in [7, 11) is 0. The molecule has 0 fully saturated rings. The van der Waals surface area contributed by atoms with Crippen LogP contribution in [0.3, 0.4) is 0 Å². The zero-order valence-corrected chi connectivity index (χ0v) is 25.2. The predicted molar refractivity (Wildman–Crippen MR) is 178 cm³/mol. The van der Waals surface area contributed by atoms with E-state index in [1.807, 2.05) is 97.1 Å². The Balaban J connectivity index is 0.000000617. The molecule has 0 N–H and O–H groups in total. The van der Waals surface area contributed by atoms with E-state index in [0.717, 1.165) is 45.7 Å². The summed E-state index contributed by atoms with van der Waals surface area (Å²) in [5, 5.41) is 4.16. The van der Waals surface area contributed by atoms with Crippen molar-refractivity contribution >= 4 is 33.5 Å². The SMILES string of the molecule is C=CC(=O)OC(COc1cccc(OCOc2cccc3ccccc23)c1)COc1cccc2ccccc12.C=COC(=O)C=C. The van der Waals surface area contributed by atoms with Crippen molar-refractivity contribution in [2.24, 2.45) is 0 Å². The summed E-state index contributed by atoms with van der Waals surface area (Å²) in [6.45, 7) is 10.0. The molecule has 5 aromatic carbocycles. The van der Waals surface area contributed by atoms with Gasteiger partial charge in [0.2, 0.25) is 6.79 Å². The van der Waals surface area contributed by atoms with E-state index in [1.165, 1.54) is 0 Å². The maximum Gasteiger partial charge on any atom is 0.334 e. The fourth-order valence-electron chi connectivity index (χ4n) is 4.29. The molecule has 0 saturated carbocycles. The number of rotatable bonds is 14. The number of esters is 2. The van der Waals surface area contributed by atoms with Crippen LogP contribution >= 0.6 is 0 Å². The van der Waals surface area contributed by atoms with Gasteiger partial charge in [0, 0.05) is 29.0 Å². The van der Waals surface area contributed by atoms with Crippen LogP contribution in [0.5, 0.6) is 23.0 Å². The van der Waals surface area contributed by atoms with E-state index in [4.69, 9.17) is 23.7 Å². The smallest absolute Gasteiger partial charge is 0.334 e. The Labute approximate surface area is 267 Å². The van der Waals surface area contributed by atoms with E-state index >= 15 is 0 Å². The molecular formula is C38H34O8. The minimum atomic E-state index is -0.659. The summed E-state index contributed by atoms with van der Waals surface area (Å²) in [5.41, 5.74) is 0. The van der Waals surface area contributed by atoms with Gasteiger partial charge < -0.3 is 28.4 Å².